The highest BCUT2D eigenvalue weighted by Crippen LogP contribution is 2.40. The Hall–Kier alpha value is -6.16. The molecule has 0 atom stereocenters. The van der Waals surface area contributed by atoms with Gasteiger partial charge in [0.1, 0.15) is 0 Å². The van der Waals surface area contributed by atoms with E-state index in [0.717, 1.165) is 44.3 Å². The molecule has 0 bridgehead atoms. The fraction of sp³-hybridized carbons (Fsp3) is 0.0213. The first kappa shape index (κ1) is 28.8. The van der Waals surface area contributed by atoms with Crippen LogP contribution in [0.3, 0.4) is 0 Å². The Balaban J connectivity index is 0.977. The van der Waals surface area contributed by atoms with Crippen molar-refractivity contribution in [2.24, 2.45) is 0 Å². The second-order valence-electron chi connectivity index (χ2n) is 13.0. The molecule has 0 aliphatic carbocycles. The van der Waals surface area contributed by atoms with Gasteiger partial charge in [0.25, 0.3) is 0 Å². The minimum absolute atomic E-state index is 0.919. The molecule has 0 radical (unpaired) electrons. The Labute approximate surface area is 294 Å². The van der Waals surface area contributed by atoms with Gasteiger partial charge in [-0.05, 0) is 63.2 Å². The van der Waals surface area contributed by atoms with Gasteiger partial charge in [-0.3, -0.25) is 0 Å². The van der Waals surface area contributed by atoms with Crippen LogP contribution in [0.2, 0.25) is 0 Å². The summed E-state index contributed by atoms with van der Waals surface area (Å²) in [6.45, 7) is 2.07. The van der Waals surface area contributed by atoms with Gasteiger partial charge in [-0.25, -0.2) is 9.97 Å². The van der Waals surface area contributed by atoms with Crippen molar-refractivity contribution in [1.29, 1.82) is 0 Å². The smallest absolute Gasteiger partial charge is 0.0979 e. The summed E-state index contributed by atoms with van der Waals surface area (Å²) in [5.41, 5.74) is 12.1. The van der Waals surface area contributed by atoms with E-state index in [4.69, 9.17) is 9.97 Å². The second-order valence-corrected chi connectivity index (χ2v) is 14.0. The van der Waals surface area contributed by atoms with E-state index in [1.165, 1.54) is 58.8 Å². The largest absolute Gasteiger partial charge is 0.249 e. The van der Waals surface area contributed by atoms with E-state index < -0.39 is 0 Å². The van der Waals surface area contributed by atoms with Gasteiger partial charge in [0.05, 0.1) is 22.4 Å². The molecule has 2 aromatic heterocycles. The average Bonchev–Trinajstić information content (AvgIpc) is 3.57. The van der Waals surface area contributed by atoms with Crippen LogP contribution in [-0.2, 0) is 0 Å². The molecule has 0 aliphatic rings. The van der Waals surface area contributed by atoms with E-state index in [-0.39, 0.29) is 0 Å². The lowest BCUT2D eigenvalue weighted by Gasteiger charge is -2.13. The molecule has 0 unspecified atom stereocenters. The molecule has 0 N–H and O–H groups in total. The first-order valence-electron chi connectivity index (χ1n) is 17.0. The minimum atomic E-state index is 0.919. The molecular formula is C47H30N2S. The summed E-state index contributed by atoms with van der Waals surface area (Å²) in [6.07, 6.45) is 0. The summed E-state index contributed by atoms with van der Waals surface area (Å²) >= 11 is 1.88. The second kappa shape index (κ2) is 11.5. The molecule has 0 fully saturated rings. The van der Waals surface area contributed by atoms with Crippen LogP contribution >= 0.6 is 11.3 Å². The Kier molecular flexibility index (Phi) is 6.61. The third kappa shape index (κ3) is 4.62. The van der Waals surface area contributed by atoms with Crippen molar-refractivity contribution in [2.75, 3.05) is 0 Å². The van der Waals surface area contributed by atoms with Crippen LogP contribution in [0.15, 0.2) is 164 Å². The van der Waals surface area contributed by atoms with Crippen LogP contribution in [0.25, 0.3) is 97.4 Å². The van der Waals surface area contributed by atoms with Crippen molar-refractivity contribution < 1.29 is 0 Å². The van der Waals surface area contributed by atoms with Crippen molar-refractivity contribution in [3.8, 4) is 44.6 Å². The molecule has 0 saturated carbocycles. The molecule has 0 saturated heterocycles. The summed E-state index contributed by atoms with van der Waals surface area (Å²) in [7, 11) is 0. The van der Waals surface area contributed by atoms with Gasteiger partial charge >= 0.3 is 0 Å². The van der Waals surface area contributed by atoms with Crippen molar-refractivity contribution >= 4 is 64.1 Å². The summed E-state index contributed by atoms with van der Waals surface area (Å²) in [5, 5.41) is 7.35. The summed E-state index contributed by atoms with van der Waals surface area (Å²) in [5.74, 6) is 0. The van der Waals surface area contributed by atoms with Crippen molar-refractivity contribution in [3.63, 3.8) is 0 Å². The van der Waals surface area contributed by atoms with Gasteiger partial charge < -0.3 is 0 Å². The van der Waals surface area contributed by atoms with Crippen molar-refractivity contribution in [1.82, 2.24) is 9.97 Å². The number of aryl methyl sites for hydroxylation is 1. The maximum Gasteiger partial charge on any atom is 0.0979 e. The lowest BCUT2D eigenvalue weighted by atomic mass is 9.96. The summed E-state index contributed by atoms with van der Waals surface area (Å²) in [4.78, 5) is 10.5. The van der Waals surface area contributed by atoms with Crippen LogP contribution in [-0.4, -0.2) is 9.97 Å². The highest BCUT2D eigenvalue weighted by Gasteiger charge is 2.15. The van der Waals surface area contributed by atoms with E-state index in [1.54, 1.807) is 0 Å². The molecule has 10 rings (SSSR count). The van der Waals surface area contributed by atoms with E-state index >= 15 is 0 Å². The molecule has 50 heavy (non-hydrogen) atoms. The number of hydrogen-bond donors (Lipinski definition) is 0. The SMILES string of the molecule is Cc1nc2c3ccccc3c3ccccc3c2nc1-c1cccc(-c2ccc(-c3ccc(-c4cccc5c4sc4ccccc45)cc3)cc2)c1. The zero-order chi connectivity index (χ0) is 33.2. The third-order valence-corrected chi connectivity index (χ3v) is 11.2. The molecule has 2 nitrogen and oxygen atoms in total. The van der Waals surface area contributed by atoms with E-state index in [0.29, 0.717) is 0 Å². The number of aromatic nitrogens is 2. The van der Waals surface area contributed by atoms with Gasteiger partial charge in [0.15, 0.2) is 0 Å². The fourth-order valence-electron chi connectivity index (χ4n) is 7.54. The highest BCUT2D eigenvalue weighted by molar-refractivity contribution is 7.26. The molecule has 8 aromatic carbocycles. The molecule has 0 spiro atoms. The number of benzene rings is 8. The molecule has 10 aromatic rings. The number of hydrogen-bond acceptors (Lipinski definition) is 3. The predicted octanol–water partition coefficient (Wildman–Crippen LogP) is 13.3. The topological polar surface area (TPSA) is 25.8 Å². The van der Waals surface area contributed by atoms with Crippen LogP contribution < -0.4 is 0 Å². The van der Waals surface area contributed by atoms with E-state index in [1.807, 2.05) is 11.3 Å². The predicted molar refractivity (Wildman–Crippen MR) is 214 cm³/mol. The van der Waals surface area contributed by atoms with Gasteiger partial charge in [-0.1, -0.05) is 152 Å². The zero-order valence-corrected chi connectivity index (χ0v) is 28.2. The Morgan fingerprint density at radius 1 is 0.380 bits per heavy atom. The molecule has 3 heteroatoms. The van der Waals surface area contributed by atoms with Crippen LogP contribution in [0.5, 0.6) is 0 Å². The third-order valence-electron chi connectivity index (χ3n) is 10.0. The van der Waals surface area contributed by atoms with Crippen LogP contribution in [0, 0.1) is 6.92 Å². The van der Waals surface area contributed by atoms with Gasteiger partial charge in [-0.2, -0.15) is 0 Å². The summed E-state index contributed by atoms with van der Waals surface area (Å²) < 4.78 is 2.68. The van der Waals surface area contributed by atoms with Crippen LogP contribution in [0.1, 0.15) is 5.69 Å². The lowest BCUT2D eigenvalue weighted by molar-refractivity contribution is 1.20. The number of thiophene rings is 1. The monoisotopic (exact) mass is 654 g/mol. The zero-order valence-electron chi connectivity index (χ0n) is 27.4. The van der Waals surface area contributed by atoms with Gasteiger partial charge in [0, 0.05) is 36.5 Å². The quantitative estimate of drug-likeness (QED) is 0.177. The Morgan fingerprint density at radius 2 is 0.880 bits per heavy atom. The lowest BCUT2D eigenvalue weighted by Crippen LogP contribution is -1.97. The average molecular weight is 655 g/mol. The van der Waals surface area contributed by atoms with E-state index in [9.17, 15) is 0 Å². The molecule has 2 heterocycles. The number of fused-ring (bicyclic) bond motifs is 9. The van der Waals surface area contributed by atoms with Gasteiger partial charge in [-0.15, -0.1) is 11.3 Å². The number of rotatable bonds is 4. The molecule has 0 amide bonds. The maximum atomic E-state index is 5.31. The maximum absolute atomic E-state index is 5.31. The van der Waals surface area contributed by atoms with Crippen molar-refractivity contribution in [3.05, 3.63) is 169 Å². The minimum Gasteiger partial charge on any atom is -0.249 e. The highest BCUT2D eigenvalue weighted by atomic mass is 32.1. The van der Waals surface area contributed by atoms with Gasteiger partial charge in [0.2, 0.25) is 0 Å². The first-order valence-corrected chi connectivity index (χ1v) is 17.8. The Bertz CT molecular complexity index is 2920. The molecule has 0 aliphatic heterocycles. The standard InChI is InChI=1S/C47H30N2S/c1-29-44(49-46-41-16-5-3-13-38(41)37-12-2-4-15-40(37)45(46)48-29)35-11-8-10-34(28-35)32-22-20-30(21-23-32)31-24-26-33(27-25-31)36-17-9-18-42-39-14-6-7-19-43(39)50-47(36)42/h2-28H,1H3. The first-order chi connectivity index (χ1) is 24.7. The van der Waals surface area contributed by atoms with Crippen LogP contribution in [0.4, 0.5) is 0 Å². The molecule has 234 valence electrons. The summed E-state index contributed by atoms with van der Waals surface area (Å²) in [6, 6.07) is 59.0. The van der Waals surface area contributed by atoms with E-state index in [2.05, 4.69) is 171 Å². The molecular weight excluding hydrogens is 625 g/mol. The van der Waals surface area contributed by atoms with Crippen molar-refractivity contribution in [2.45, 2.75) is 6.92 Å². The normalized spacial score (nSPS) is 11.7. The fourth-order valence-corrected chi connectivity index (χ4v) is 8.77. The number of nitrogens with zero attached hydrogens (tertiary/aromatic N) is 2. The Morgan fingerprint density at radius 3 is 1.56 bits per heavy atom.